The van der Waals surface area contributed by atoms with Crippen molar-refractivity contribution in [2.75, 3.05) is 19.6 Å². The van der Waals surface area contributed by atoms with E-state index in [0.29, 0.717) is 19.0 Å². The van der Waals surface area contributed by atoms with Gasteiger partial charge in [-0.25, -0.2) is 4.79 Å². The Morgan fingerprint density at radius 1 is 1.10 bits per heavy atom. The number of carboxylic acids is 1. The van der Waals surface area contributed by atoms with Gasteiger partial charge in [0.15, 0.2) is 0 Å². The highest BCUT2D eigenvalue weighted by atomic mass is 16.4. The van der Waals surface area contributed by atoms with Gasteiger partial charge in [0.05, 0.1) is 0 Å². The molecular weight excluding hydrogens is 268 g/mol. The Morgan fingerprint density at radius 3 is 2.43 bits per heavy atom. The van der Waals surface area contributed by atoms with Crippen molar-refractivity contribution in [3.63, 3.8) is 0 Å². The number of carbonyl (C=O) groups excluding carboxylic acids is 1. The Bertz CT molecular complexity index is 404. The molecule has 5 heteroatoms. The summed E-state index contributed by atoms with van der Waals surface area (Å²) in [6, 6.07) is 0.0477. The first kappa shape index (κ1) is 14.7. The molecule has 0 radical (unpaired) electrons. The Labute approximate surface area is 126 Å². The first-order valence-corrected chi connectivity index (χ1v) is 8.36. The number of nitrogens with zero attached hydrogens (tertiary/aromatic N) is 1. The summed E-state index contributed by atoms with van der Waals surface area (Å²) in [6.07, 6.45) is 7.28. The largest absolute Gasteiger partial charge is 0.481 e. The molecule has 3 fully saturated rings. The second-order valence-corrected chi connectivity index (χ2v) is 7.15. The van der Waals surface area contributed by atoms with Gasteiger partial charge >= 0.3 is 12.0 Å². The van der Waals surface area contributed by atoms with Gasteiger partial charge in [-0.05, 0) is 55.8 Å². The van der Waals surface area contributed by atoms with Gasteiger partial charge in [-0.15, -0.1) is 0 Å². The monoisotopic (exact) mass is 294 g/mol. The van der Waals surface area contributed by atoms with Gasteiger partial charge in [0, 0.05) is 26.1 Å². The van der Waals surface area contributed by atoms with Gasteiger partial charge in [0.2, 0.25) is 0 Å². The van der Waals surface area contributed by atoms with Crippen LogP contribution in [0.3, 0.4) is 0 Å². The number of aliphatic carboxylic acids is 1. The van der Waals surface area contributed by atoms with E-state index in [1.165, 1.54) is 25.7 Å². The minimum atomic E-state index is -0.728. The summed E-state index contributed by atoms with van der Waals surface area (Å²) >= 11 is 0. The molecule has 5 nitrogen and oxygen atoms in total. The average molecular weight is 294 g/mol. The molecule has 0 aromatic carbocycles. The molecular formula is C16H26N2O3. The number of nitrogens with one attached hydrogen (secondary N) is 1. The number of hydrogen-bond acceptors (Lipinski definition) is 2. The van der Waals surface area contributed by atoms with Crippen LogP contribution in [-0.4, -0.2) is 41.6 Å². The van der Waals surface area contributed by atoms with E-state index in [4.69, 9.17) is 5.11 Å². The van der Waals surface area contributed by atoms with Crippen LogP contribution in [0.15, 0.2) is 0 Å². The van der Waals surface area contributed by atoms with Crippen molar-refractivity contribution >= 4 is 12.0 Å². The topological polar surface area (TPSA) is 69.6 Å². The Hall–Kier alpha value is -1.26. The number of fused-ring (bicyclic) bond motifs is 2. The first-order valence-electron chi connectivity index (χ1n) is 8.36. The molecule has 2 amide bonds. The molecule has 2 saturated carbocycles. The predicted octanol–water partition coefficient (Wildman–Crippen LogP) is 2.32. The molecule has 3 aliphatic rings. The van der Waals surface area contributed by atoms with Crippen molar-refractivity contribution in [3.05, 3.63) is 0 Å². The van der Waals surface area contributed by atoms with Crippen LogP contribution >= 0.6 is 0 Å². The number of likely N-dealkylation sites (tertiary alicyclic amines) is 1. The number of rotatable bonds is 4. The quantitative estimate of drug-likeness (QED) is 0.836. The van der Waals surface area contributed by atoms with E-state index in [0.717, 1.165) is 31.2 Å². The number of carbonyl (C=O) groups is 2. The minimum Gasteiger partial charge on any atom is -0.481 e. The summed E-state index contributed by atoms with van der Waals surface area (Å²) in [7, 11) is 0. The molecule has 3 rings (SSSR count). The van der Waals surface area contributed by atoms with E-state index < -0.39 is 5.97 Å². The highest BCUT2D eigenvalue weighted by molar-refractivity contribution is 5.74. The highest BCUT2D eigenvalue weighted by Crippen LogP contribution is 2.47. The molecule has 21 heavy (non-hydrogen) atoms. The lowest BCUT2D eigenvalue weighted by Crippen LogP contribution is -2.46. The molecule has 0 spiro atoms. The lowest BCUT2D eigenvalue weighted by atomic mass is 9.89. The molecule has 3 atom stereocenters. The number of carboxylic acid groups (broad SMARTS) is 1. The van der Waals surface area contributed by atoms with Crippen LogP contribution in [0.1, 0.15) is 44.9 Å². The number of urea groups is 1. The zero-order valence-corrected chi connectivity index (χ0v) is 12.6. The van der Waals surface area contributed by atoms with Gasteiger partial charge in [-0.3, -0.25) is 4.79 Å². The number of amides is 2. The molecule has 3 unspecified atom stereocenters. The van der Waals surface area contributed by atoms with Gasteiger partial charge in [-0.1, -0.05) is 6.42 Å². The molecule has 1 heterocycles. The second-order valence-electron chi connectivity index (χ2n) is 7.15. The smallest absolute Gasteiger partial charge is 0.317 e. The molecule has 1 aliphatic heterocycles. The first-order chi connectivity index (χ1) is 10.1. The van der Waals surface area contributed by atoms with Crippen molar-refractivity contribution in [3.8, 4) is 0 Å². The van der Waals surface area contributed by atoms with Crippen molar-refractivity contribution < 1.29 is 14.7 Å². The Kier molecular flexibility index (Phi) is 4.36. The van der Waals surface area contributed by atoms with Gasteiger partial charge in [0.25, 0.3) is 0 Å². The third-order valence-corrected chi connectivity index (χ3v) is 5.77. The normalized spacial score (nSPS) is 32.4. The zero-order chi connectivity index (χ0) is 14.8. The average Bonchev–Trinajstić information content (AvgIpc) is 3.07. The Morgan fingerprint density at radius 2 is 1.86 bits per heavy atom. The van der Waals surface area contributed by atoms with Gasteiger partial charge in [0.1, 0.15) is 0 Å². The molecule has 2 N–H and O–H groups in total. The summed E-state index contributed by atoms with van der Waals surface area (Å²) in [6.45, 7) is 2.22. The highest BCUT2D eigenvalue weighted by Gasteiger charge is 2.39. The lowest BCUT2D eigenvalue weighted by molar-refractivity contribution is -0.138. The van der Waals surface area contributed by atoms with E-state index in [-0.39, 0.29) is 18.4 Å². The van der Waals surface area contributed by atoms with Crippen molar-refractivity contribution in [1.82, 2.24) is 10.2 Å². The molecule has 0 aromatic rings. The van der Waals surface area contributed by atoms with Crippen molar-refractivity contribution in [1.29, 1.82) is 0 Å². The summed E-state index contributed by atoms with van der Waals surface area (Å²) in [4.78, 5) is 24.7. The fraction of sp³-hybridized carbons (Fsp3) is 0.875. The van der Waals surface area contributed by atoms with Crippen LogP contribution < -0.4 is 5.32 Å². The van der Waals surface area contributed by atoms with Crippen LogP contribution in [0.25, 0.3) is 0 Å². The number of hydrogen-bond donors (Lipinski definition) is 2. The van der Waals surface area contributed by atoms with Crippen LogP contribution in [0.4, 0.5) is 4.79 Å². The van der Waals surface area contributed by atoms with Crippen LogP contribution in [0, 0.1) is 23.7 Å². The van der Waals surface area contributed by atoms with E-state index in [1.54, 1.807) is 0 Å². The zero-order valence-electron chi connectivity index (χ0n) is 12.6. The van der Waals surface area contributed by atoms with E-state index in [1.807, 2.05) is 4.90 Å². The maximum Gasteiger partial charge on any atom is 0.317 e. The van der Waals surface area contributed by atoms with Gasteiger partial charge < -0.3 is 15.3 Å². The summed E-state index contributed by atoms with van der Waals surface area (Å²) in [5, 5.41) is 11.9. The molecule has 2 aliphatic carbocycles. The standard InChI is InChI=1S/C16H26N2O3/c19-15(20)9-11-3-5-18(6-4-11)16(21)17-10-14-8-12-1-2-13(14)7-12/h11-14H,1-10H2,(H,17,21)(H,19,20). The van der Waals surface area contributed by atoms with Crippen LogP contribution in [0.5, 0.6) is 0 Å². The maximum atomic E-state index is 12.2. The van der Waals surface area contributed by atoms with E-state index in [2.05, 4.69) is 5.32 Å². The third kappa shape index (κ3) is 3.50. The lowest BCUT2D eigenvalue weighted by Gasteiger charge is -2.32. The number of piperidine rings is 1. The molecule has 1 saturated heterocycles. The fourth-order valence-electron chi connectivity index (χ4n) is 4.54. The van der Waals surface area contributed by atoms with Crippen molar-refractivity contribution in [2.24, 2.45) is 23.7 Å². The van der Waals surface area contributed by atoms with E-state index in [9.17, 15) is 9.59 Å². The predicted molar refractivity (Wildman–Crippen MR) is 78.9 cm³/mol. The molecule has 2 bridgehead atoms. The summed E-state index contributed by atoms with van der Waals surface area (Å²) in [5.41, 5.74) is 0. The molecule has 0 aromatic heterocycles. The minimum absolute atomic E-state index is 0.0477. The van der Waals surface area contributed by atoms with Gasteiger partial charge in [-0.2, -0.15) is 0 Å². The second kappa shape index (κ2) is 6.24. The van der Waals surface area contributed by atoms with E-state index >= 15 is 0 Å². The van der Waals surface area contributed by atoms with Crippen LogP contribution in [-0.2, 0) is 4.79 Å². The SMILES string of the molecule is O=C(O)CC1CCN(C(=O)NCC2CC3CCC2C3)CC1. The summed E-state index contributed by atoms with van der Waals surface area (Å²) < 4.78 is 0. The third-order valence-electron chi connectivity index (χ3n) is 5.77. The Balaban J connectivity index is 1.37. The maximum absolute atomic E-state index is 12.2. The fourth-order valence-corrected chi connectivity index (χ4v) is 4.54. The van der Waals surface area contributed by atoms with Crippen molar-refractivity contribution in [2.45, 2.75) is 44.9 Å². The summed E-state index contributed by atoms with van der Waals surface area (Å²) in [5.74, 6) is 1.96. The molecule has 118 valence electrons. The van der Waals surface area contributed by atoms with Crippen LogP contribution in [0.2, 0.25) is 0 Å².